The van der Waals surface area contributed by atoms with Crippen molar-refractivity contribution >= 4 is 17.7 Å². The highest BCUT2D eigenvalue weighted by atomic mass is 32.2. The standard InChI is InChI=1S/C21H25N3O2S/c1-13-2-4-17(5-3-13)19-23-24-20(26-19)27-12-18(25)22-21-9-14-6-15(10-21)8-16(7-14)11-21/h2-5,14-16H,6-12H2,1H3,(H,22,25). The molecule has 0 radical (unpaired) electrons. The van der Waals surface area contributed by atoms with Crippen molar-refractivity contribution in [2.45, 2.75) is 56.2 Å². The van der Waals surface area contributed by atoms with Gasteiger partial charge in [0.2, 0.25) is 11.8 Å². The smallest absolute Gasteiger partial charge is 0.277 e. The summed E-state index contributed by atoms with van der Waals surface area (Å²) in [4.78, 5) is 12.6. The Morgan fingerprint density at radius 2 is 1.74 bits per heavy atom. The van der Waals surface area contributed by atoms with Crippen molar-refractivity contribution in [3.05, 3.63) is 29.8 Å². The quantitative estimate of drug-likeness (QED) is 0.783. The Hall–Kier alpha value is -1.82. The second kappa shape index (κ2) is 6.66. The molecule has 0 spiro atoms. The van der Waals surface area contributed by atoms with Crippen molar-refractivity contribution in [2.24, 2.45) is 17.8 Å². The van der Waals surface area contributed by atoms with E-state index >= 15 is 0 Å². The summed E-state index contributed by atoms with van der Waals surface area (Å²) in [5.41, 5.74) is 2.15. The molecular weight excluding hydrogens is 358 g/mol. The number of hydrogen-bond donors (Lipinski definition) is 1. The number of thioether (sulfide) groups is 1. The van der Waals surface area contributed by atoms with Crippen LogP contribution in [0.25, 0.3) is 11.5 Å². The van der Waals surface area contributed by atoms with Gasteiger partial charge in [0.1, 0.15) is 0 Å². The Bertz CT molecular complexity index is 810. The third kappa shape index (κ3) is 3.51. The number of hydrogen-bond acceptors (Lipinski definition) is 5. The number of amides is 1. The molecule has 1 N–H and O–H groups in total. The van der Waals surface area contributed by atoms with Crippen LogP contribution in [0.5, 0.6) is 0 Å². The van der Waals surface area contributed by atoms with Gasteiger partial charge in [0.15, 0.2) is 0 Å². The molecule has 27 heavy (non-hydrogen) atoms. The zero-order valence-corrected chi connectivity index (χ0v) is 16.4. The number of carbonyl (C=O) groups excluding carboxylic acids is 1. The van der Waals surface area contributed by atoms with E-state index in [2.05, 4.69) is 15.5 Å². The Balaban J connectivity index is 1.19. The van der Waals surface area contributed by atoms with Gasteiger partial charge in [-0.1, -0.05) is 29.5 Å². The van der Waals surface area contributed by atoms with E-state index in [1.165, 1.54) is 55.9 Å². The minimum atomic E-state index is 0.0638. The normalized spacial score (nSPS) is 31.2. The van der Waals surface area contributed by atoms with Crippen molar-refractivity contribution in [3.63, 3.8) is 0 Å². The molecule has 1 heterocycles. The molecule has 4 saturated carbocycles. The van der Waals surface area contributed by atoms with Crippen LogP contribution in [-0.2, 0) is 4.79 Å². The number of rotatable bonds is 5. The van der Waals surface area contributed by atoms with Gasteiger partial charge >= 0.3 is 0 Å². The molecule has 2 aromatic rings. The Morgan fingerprint density at radius 3 is 2.37 bits per heavy atom. The molecule has 0 saturated heterocycles. The maximum Gasteiger partial charge on any atom is 0.277 e. The Morgan fingerprint density at radius 1 is 1.11 bits per heavy atom. The van der Waals surface area contributed by atoms with Crippen LogP contribution in [-0.4, -0.2) is 27.4 Å². The zero-order chi connectivity index (χ0) is 18.4. The van der Waals surface area contributed by atoms with Crippen LogP contribution in [0.3, 0.4) is 0 Å². The highest BCUT2D eigenvalue weighted by molar-refractivity contribution is 7.99. The minimum Gasteiger partial charge on any atom is -0.411 e. The topological polar surface area (TPSA) is 68.0 Å². The number of carbonyl (C=O) groups is 1. The van der Waals surface area contributed by atoms with E-state index < -0.39 is 0 Å². The van der Waals surface area contributed by atoms with E-state index in [1.54, 1.807) is 0 Å². The van der Waals surface area contributed by atoms with E-state index in [0.29, 0.717) is 16.9 Å². The van der Waals surface area contributed by atoms with Gasteiger partial charge in [0.25, 0.3) is 5.22 Å². The molecule has 4 fully saturated rings. The molecule has 1 aromatic carbocycles. The lowest BCUT2D eigenvalue weighted by Gasteiger charge is -2.56. The number of benzene rings is 1. The summed E-state index contributed by atoms with van der Waals surface area (Å²) in [5.74, 6) is 3.42. The van der Waals surface area contributed by atoms with Crippen molar-refractivity contribution in [3.8, 4) is 11.5 Å². The summed E-state index contributed by atoms with van der Waals surface area (Å²) in [6.45, 7) is 2.04. The average Bonchev–Trinajstić information content (AvgIpc) is 3.08. The zero-order valence-electron chi connectivity index (χ0n) is 15.6. The second-order valence-corrected chi connectivity index (χ2v) is 9.70. The highest BCUT2D eigenvalue weighted by Crippen LogP contribution is 2.55. The van der Waals surface area contributed by atoms with Crippen LogP contribution < -0.4 is 5.32 Å². The lowest BCUT2D eigenvalue weighted by molar-refractivity contribution is -0.124. The van der Waals surface area contributed by atoms with Crippen LogP contribution in [0.15, 0.2) is 33.9 Å². The molecular formula is C21H25N3O2S. The van der Waals surface area contributed by atoms with E-state index in [0.717, 1.165) is 23.3 Å². The minimum absolute atomic E-state index is 0.0638. The van der Waals surface area contributed by atoms with Crippen LogP contribution in [0, 0.1) is 24.7 Å². The maximum atomic E-state index is 12.6. The third-order valence-electron chi connectivity index (χ3n) is 6.47. The summed E-state index contributed by atoms with van der Waals surface area (Å²) < 4.78 is 5.71. The fourth-order valence-corrected chi connectivity index (χ4v) is 6.37. The summed E-state index contributed by atoms with van der Waals surface area (Å²) in [5, 5.41) is 12.0. The molecule has 6 heteroatoms. The predicted molar refractivity (Wildman–Crippen MR) is 104 cm³/mol. The monoisotopic (exact) mass is 383 g/mol. The third-order valence-corrected chi connectivity index (χ3v) is 7.29. The van der Waals surface area contributed by atoms with Crippen LogP contribution in [0.1, 0.15) is 44.1 Å². The van der Waals surface area contributed by atoms with Crippen LogP contribution in [0.4, 0.5) is 0 Å². The summed E-state index contributed by atoms with van der Waals surface area (Å²) in [6.07, 6.45) is 7.67. The van der Waals surface area contributed by atoms with E-state index in [4.69, 9.17) is 4.42 Å². The first kappa shape index (κ1) is 17.3. The van der Waals surface area contributed by atoms with E-state index in [-0.39, 0.29) is 11.4 Å². The Labute approximate surface area is 163 Å². The predicted octanol–water partition coefficient (Wildman–Crippen LogP) is 4.22. The van der Waals surface area contributed by atoms with E-state index in [1.807, 2.05) is 31.2 Å². The number of nitrogens with zero attached hydrogens (tertiary/aromatic N) is 2. The van der Waals surface area contributed by atoms with Gasteiger partial charge in [0.05, 0.1) is 5.75 Å². The average molecular weight is 384 g/mol. The molecule has 0 unspecified atom stereocenters. The fourth-order valence-electron chi connectivity index (χ4n) is 5.80. The molecule has 1 amide bonds. The largest absolute Gasteiger partial charge is 0.411 e. The molecule has 4 bridgehead atoms. The summed E-state index contributed by atoms with van der Waals surface area (Å²) in [7, 11) is 0. The molecule has 0 aliphatic heterocycles. The van der Waals surface area contributed by atoms with Crippen molar-refractivity contribution in [2.75, 3.05) is 5.75 Å². The second-order valence-electron chi connectivity index (χ2n) is 8.77. The van der Waals surface area contributed by atoms with Gasteiger partial charge in [-0.05, 0) is 75.3 Å². The molecule has 6 rings (SSSR count). The van der Waals surface area contributed by atoms with E-state index in [9.17, 15) is 4.79 Å². The van der Waals surface area contributed by atoms with Gasteiger partial charge in [0, 0.05) is 11.1 Å². The first-order valence-electron chi connectivity index (χ1n) is 9.91. The van der Waals surface area contributed by atoms with Crippen LogP contribution >= 0.6 is 11.8 Å². The summed E-state index contributed by atoms with van der Waals surface area (Å²) in [6, 6.07) is 7.98. The Kier molecular flexibility index (Phi) is 4.26. The SMILES string of the molecule is Cc1ccc(-c2nnc(SCC(=O)NC34CC5CC(CC(C5)C3)C4)o2)cc1. The van der Waals surface area contributed by atoms with Crippen molar-refractivity contribution < 1.29 is 9.21 Å². The highest BCUT2D eigenvalue weighted by Gasteiger charge is 2.51. The lowest BCUT2D eigenvalue weighted by Crippen LogP contribution is -2.60. The van der Waals surface area contributed by atoms with Crippen molar-refractivity contribution in [1.82, 2.24) is 15.5 Å². The van der Waals surface area contributed by atoms with Gasteiger partial charge in [-0.2, -0.15) is 0 Å². The van der Waals surface area contributed by atoms with Crippen LogP contribution in [0.2, 0.25) is 0 Å². The molecule has 0 atom stereocenters. The lowest BCUT2D eigenvalue weighted by atomic mass is 9.53. The van der Waals surface area contributed by atoms with Gasteiger partial charge in [-0.25, -0.2) is 0 Å². The van der Waals surface area contributed by atoms with Gasteiger partial charge in [-0.15, -0.1) is 10.2 Å². The summed E-state index contributed by atoms with van der Waals surface area (Å²) >= 11 is 1.32. The van der Waals surface area contributed by atoms with Gasteiger partial charge in [-0.3, -0.25) is 4.79 Å². The maximum absolute atomic E-state index is 12.6. The molecule has 4 aliphatic rings. The first-order valence-corrected chi connectivity index (χ1v) is 10.9. The molecule has 1 aromatic heterocycles. The van der Waals surface area contributed by atoms with Crippen molar-refractivity contribution in [1.29, 1.82) is 0 Å². The number of nitrogens with one attached hydrogen (secondary N) is 1. The molecule has 142 valence electrons. The number of aromatic nitrogens is 2. The fraction of sp³-hybridized carbons (Fsp3) is 0.571. The first-order chi connectivity index (χ1) is 13.1. The number of aryl methyl sites for hydroxylation is 1. The van der Waals surface area contributed by atoms with Gasteiger partial charge < -0.3 is 9.73 Å². The molecule has 5 nitrogen and oxygen atoms in total. The molecule has 4 aliphatic carbocycles.